The summed E-state index contributed by atoms with van der Waals surface area (Å²) in [5.74, 6) is 0.0434. The first kappa shape index (κ1) is 20.5. The number of carbonyl (C=O) groups excluding carboxylic acids is 1. The molecule has 5 nitrogen and oxygen atoms in total. The predicted molar refractivity (Wildman–Crippen MR) is 132 cm³/mol. The first-order valence-electron chi connectivity index (χ1n) is 10.2. The molecule has 1 atom stereocenters. The SMILES string of the molecule is Cc1ccc(Nc2nnc(S[C@@H](C(=O)c3c[nH]c4ccccc34)c3ccccc3)s2)cc1. The van der Waals surface area contributed by atoms with Crippen LogP contribution in [-0.2, 0) is 0 Å². The normalized spacial score (nSPS) is 12.0. The minimum Gasteiger partial charge on any atom is -0.360 e. The summed E-state index contributed by atoms with van der Waals surface area (Å²) in [6.07, 6.45) is 1.80. The van der Waals surface area contributed by atoms with Gasteiger partial charge in [-0.25, -0.2) is 0 Å². The molecule has 0 saturated heterocycles. The highest BCUT2D eigenvalue weighted by Gasteiger charge is 2.27. The van der Waals surface area contributed by atoms with Crippen LogP contribution in [0.3, 0.4) is 0 Å². The standard InChI is InChI=1S/C25H20N4OS2/c1-16-11-13-18(14-12-16)27-24-28-29-25(32-24)31-23(17-7-3-2-4-8-17)22(30)20-15-26-21-10-6-5-9-19(20)21/h2-15,23,26H,1H3,(H,27,28)/t23-/m1/s1. The fraction of sp³-hybridized carbons (Fsp3) is 0.0800. The average molecular weight is 457 g/mol. The number of nitrogens with zero attached hydrogens (tertiary/aromatic N) is 2. The third-order valence-corrected chi connectivity index (χ3v) is 7.30. The summed E-state index contributed by atoms with van der Waals surface area (Å²) in [6, 6.07) is 25.8. The van der Waals surface area contributed by atoms with Gasteiger partial charge in [0.2, 0.25) is 5.13 Å². The molecule has 2 aromatic heterocycles. The summed E-state index contributed by atoms with van der Waals surface area (Å²) in [4.78, 5) is 16.9. The van der Waals surface area contributed by atoms with E-state index in [2.05, 4.69) is 27.4 Å². The number of hydrogen-bond donors (Lipinski definition) is 2. The molecule has 0 unspecified atom stereocenters. The molecule has 0 saturated carbocycles. The molecular formula is C25H20N4OS2. The molecule has 0 fully saturated rings. The van der Waals surface area contributed by atoms with Crippen LogP contribution in [0.1, 0.15) is 26.7 Å². The van der Waals surface area contributed by atoms with Gasteiger partial charge in [0.25, 0.3) is 0 Å². The molecule has 0 aliphatic carbocycles. The van der Waals surface area contributed by atoms with Crippen molar-refractivity contribution in [2.45, 2.75) is 16.5 Å². The second-order valence-electron chi connectivity index (χ2n) is 7.38. The van der Waals surface area contributed by atoms with E-state index in [1.807, 2.05) is 78.9 Å². The van der Waals surface area contributed by atoms with Gasteiger partial charge in [0, 0.05) is 28.4 Å². The number of rotatable bonds is 7. The van der Waals surface area contributed by atoms with Crippen molar-refractivity contribution in [3.63, 3.8) is 0 Å². The summed E-state index contributed by atoms with van der Waals surface area (Å²) in [7, 11) is 0. The van der Waals surface area contributed by atoms with Gasteiger partial charge in [-0.3, -0.25) is 4.79 Å². The van der Waals surface area contributed by atoms with Crippen LogP contribution in [0.5, 0.6) is 0 Å². The number of Topliss-reactive ketones (excluding diaryl/α,β-unsaturated/α-hetero) is 1. The topological polar surface area (TPSA) is 70.7 Å². The number of hydrogen-bond acceptors (Lipinski definition) is 6. The van der Waals surface area contributed by atoms with Gasteiger partial charge in [-0.05, 0) is 30.7 Å². The van der Waals surface area contributed by atoms with E-state index in [1.54, 1.807) is 6.20 Å². The zero-order valence-electron chi connectivity index (χ0n) is 17.3. The van der Waals surface area contributed by atoms with E-state index < -0.39 is 5.25 Å². The van der Waals surface area contributed by atoms with Gasteiger partial charge < -0.3 is 10.3 Å². The zero-order valence-corrected chi connectivity index (χ0v) is 18.9. The van der Waals surface area contributed by atoms with Crippen molar-refractivity contribution in [1.82, 2.24) is 15.2 Å². The minimum absolute atomic E-state index is 0.0434. The second-order valence-corrected chi connectivity index (χ2v) is 9.71. The number of H-pyrrole nitrogens is 1. The number of benzene rings is 3. The van der Waals surface area contributed by atoms with Gasteiger partial charge in [0.1, 0.15) is 5.25 Å². The Balaban J connectivity index is 1.43. The van der Waals surface area contributed by atoms with Crippen LogP contribution < -0.4 is 5.32 Å². The molecule has 7 heteroatoms. The van der Waals surface area contributed by atoms with Crippen molar-refractivity contribution in [2.24, 2.45) is 0 Å². The maximum atomic E-state index is 13.7. The van der Waals surface area contributed by atoms with E-state index in [1.165, 1.54) is 28.7 Å². The smallest absolute Gasteiger partial charge is 0.210 e. The van der Waals surface area contributed by atoms with Crippen molar-refractivity contribution >= 4 is 50.6 Å². The molecule has 32 heavy (non-hydrogen) atoms. The molecule has 0 amide bonds. The van der Waals surface area contributed by atoms with Gasteiger partial charge in [0.05, 0.1) is 0 Å². The molecular weight excluding hydrogens is 436 g/mol. The van der Waals surface area contributed by atoms with Crippen LogP contribution in [0, 0.1) is 6.92 Å². The number of aromatic nitrogens is 3. The van der Waals surface area contributed by atoms with Gasteiger partial charge in [-0.1, -0.05) is 89.3 Å². The Morgan fingerprint density at radius 3 is 2.53 bits per heavy atom. The Kier molecular flexibility index (Phi) is 5.75. The van der Waals surface area contributed by atoms with Crippen molar-refractivity contribution in [3.05, 3.63) is 102 Å². The van der Waals surface area contributed by atoms with E-state index in [9.17, 15) is 4.79 Å². The van der Waals surface area contributed by atoms with Crippen LogP contribution in [0.4, 0.5) is 10.8 Å². The number of thioether (sulfide) groups is 1. The van der Waals surface area contributed by atoms with E-state index in [0.717, 1.165) is 26.5 Å². The number of fused-ring (bicyclic) bond motifs is 1. The Hall–Kier alpha value is -3.42. The molecule has 3 aromatic carbocycles. The molecule has 0 aliphatic rings. The second kappa shape index (κ2) is 8.98. The molecule has 0 spiro atoms. The highest BCUT2D eigenvalue weighted by molar-refractivity contribution is 8.02. The fourth-order valence-electron chi connectivity index (χ4n) is 3.49. The third-order valence-electron chi connectivity index (χ3n) is 5.12. The van der Waals surface area contributed by atoms with Crippen LogP contribution in [-0.4, -0.2) is 21.0 Å². The van der Waals surface area contributed by atoms with E-state index in [0.29, 0.717) is 10.7 Å². The number of ketones is 1. The van der Waals surface area contributed by atoms with Gasteiger partial charge in [0.15, 0.2) is 10.1 Å². The summed E-state index contributed by atoms with van der Waals surface area (Å²) >= 11 is 2.87. The quantitative estimate of drug-likeness (QED) is 0.208. The molecule has 158 valence electrons. The Bertz CT molecular complexity index is 1360. The zero-order chi connectivity index (χ0) is 21.9. The first-order valence-corrected chi connectivity index (χ1v) is 11.9. The number of carbonyl (C=O) groups is 1. The molecule has 2 N–H and O–H groups in total. The lowest BCUT2D eigenvalue weighted by atomic mass is 10.0. The van der Waals surface area contributed by atoms with Crippen molar-refractivity contribution in [2.75, 3.05) is 5.32 Å². The number of aromatic amines is 1. The maximum absolute atomic E-state index is 13.7. The van der Waals surface area contributed by atoms with Gasteiger partial charge in [-0.15, -0.1) is 10.2 Å². The third kappa shape index (κ3) is 4.30. The lowest BCUT2D eigenvalue weighted by molar-refractivity contribution is 0.0991. The summed E-state index contributed by atoms with van der Waals surface area (Å²) in [6.45, 7) is 2.05. The van der Waals surface area contributed by atoms with Crippen molar-refractivity contribution in [3.8, 4) is 0 Å². The number of para-hydroxylation sites is 1. The molecule has 5 aromatic rings. The Morgan fingerprint density at radius 2 is 1.72 bits per heavy atom. The monoisotopic (exact) mass is 456 g/mol. The molecule has 0 radical (unpaired) electrons. The largest absolute Gasteiger partial charge is 0.360 e. The van der Waals surface area contributed by atoms with E-state index >= 15 is 0 Å². The summed E-state index contributed by atoms with van der Waals surface area (Å²) in [5.41, 5.74) is 4.73. The van der Waals surface area contributed by atoms with Crippen LogP contribution in [0.15, 0.2) is 89.4 Å². The summed E-state index contributed by atoms with van der Waals surface area (Å²) < 4.78 is 0.738. The number of aryl methyl sites for hydroxylation is 1. The highest BCUT2D eigenvalue weighted by atomic mass is 32.2. The van der Waals surface area contributed by atoms with Crippen LogP contribution in [0.2, 0.25) is 0 Å². The molecule has 0 aliphatic heterocycles. The summed E-state index contributed by atoms with van der Waals surface area (Å²) in [5, 5.41) is 13.1. The lowest BCUT2D eigenvalue weighted by Gasteiger charge is -2.14. The number of anilines is 2. The van der Waals surface area contributed by atoms with Gasteiger partial charge in [-0.2, -0.15) is 0 Å². The first-order chi connectivity index (χ1) is 15.7. The van der Waals surface area contributed by atoms with E-state index in [-0.39, 0.29) is 5.78 Å². The van der Waals surface area contributed by atoms with Crippen LogP contribution in [0.25, 0.3) is 10.9 Å². The highest BCUT2D eigenvalue weighted by Crippen LogP contribution is 2.41. The lowest BCUT2D eigenvalue weighted by Crippen LogP contribution is -2.09. The maximum Gasteiger partial charge on any atom is 0.210 e. The van der Waals surface area contributed by atoms with Crippen molar-refractivity contribution < 1.29 is 4.79 Å². The predicted octanol–water partition coefficient (Wildman–Crippen LogP) is 6.79. The Labute approximate surface area is 193 Å². The molecule has 5 rings (SSSR count). The number of nitrogens with one attached hydrogen (secondary N) is 2. The van der Waals surface area contributed by atoms with E-state index in [4.69, 9.17) is 0 Å². The average Bonchev–Trinajstić information content (AvgIpc) is 3.46. The fourth-order valence-corrected chi connectivity index (χ4v) is 5.52. The molecule has 2 heterocycles. The molecule has 0 bridgehead atoms. The van der Waals surface area contributed by atoms with Gasteiger partial charge >= 0.3 is 0 Å². The Morgan fingerprint density at radius 1 is 0.969 bits per heavy atom. The van der Waals surface area contributed by atoms with Crippen molar-refractivity contribution in [1.29, 1.82) is 0 Å². The minimum atomic E-state index is -0.421. The van der Waals surface area contributed by atoms with Crippen LogP contribution >= 0.6 is 23.1 Å².